The number of nitriles is 1. The first-order chi connectivity index (χ1) is 12.2. The first-order valence-electron chi connectivity index (χ1n) is 8.37. The van der Waals surface area contributed by atoms with Crippen molar-refractivity contribution < 1.29 is 13.9 Å². The maximum absolute atomic E-state index is 12.3. The number of carbonyl (C=O) groups is 1. The monoisotopic (exact) mass is 341 g/mol. The van der Waals surface area contributed by atoms with Crippen LogP contribution >= 0.6 is 0 Å². The zero-order valence-corrected chi connectivity index (χ0v) is 14.6. The number of likely N-dealkylation sites (N-methyl/N-ethyl adjacent to an activating group) is 1. The molecule has 132 valence electrons. The van der Waals surface area contributed by atoms with E-state index in [0.29, 0.717) is 23.4 Å². The lowest BCUT2D eigenvalue weighted by Gasteiger charge is -2.17. The second-order valence-electron chi connectivity index (χ2n) is 5.49. The van der Waals surface area contributed by atoms with E-state index in [0.717, 1.165) is 19.6 Å². The normalized spacial score (nSPS) is 10.5. The molecule has 0 unspecified atom stereocenters. The van der Waals surface area contributed by atoms with Crippen molar-refractivity contribution in [1.82, 2.24) is 10.2 Å². The van der Waals surface area contributed by atoms with E-state index < -0.39 is 0 Å². The van der Waals surface area contributed by atoms with E-state index in [1.165, 1.54) is 6.26 Å². The lowest BCUT2D eigenvalue weighted by molar-refractivity contribution is 0.0917. The number of amides is 1. The number of nitrogens with one attached hydrogen (secondary N) is 1. The van der Waals surface area contributed by atoms with Gasteiger partial charge in [-0.1, -0.05) is 19.9 Å². The molecule has 0 saturated carbocycles. The third-order valence-corrected chi connectivity index (χ3v) is 3.92. The van der Waals surface area contributed by atoms with Crippen LogP contribution in [0.25, 0.3) is 0 Å². The van der Waals surface area contributed by atoms with Crippen molar-refractivity contribution in [3.63, 3.8) is 0 Å². The average molecular weight is 341 g/mol. The van der Waals surface area contributed by atoms with Gasteiger partial charge in [0, 0.05) is 18.7 Å². The molecule has 1 amide bonds. The van der Waals surface area contributed by atoms with Crippen molar-refractivity contribution >= 4 is 5.91 Å². The summed E-state index contributed by atoms with van der Waals surface area (Å²) in [6.07, 6.45) is 1.48. The number of carbonyl (C=O) groups excluding carboxylic acids is 1. The highest BCUT2D eigenvalue weighted by molar-refractivity contribution is 5.92. The molecule has 0 saturated heterocycles. The second kappa shape index (κ2) is 9.50. The van der Waals surface area contributed by atoms with Gasteiger partial charge in [0.2, 0.25) is 0 Å². The van der Waals surface area contributed by atoms with Gasteiger partial charge in [0.05, 0.1) is 17.9 Å². The van der Waals surface area contributed by atoms with Crippen molar-refractivity contribution in [3.8, 4) is 11.8 Å². The molecule has 6 heteroatoms. The Bertz CT molecular complexity index is 730. The molecule has 0 bridgehead atoms. The molecule has 0 spiro atoms. The predicted molar refractivity (Wildman–Crippen MR) is 94.3 cm³/mol. The smallest absolute Gasteiger partial charge is 0.287 e. The Morgan fingerprint density at radius 2 is 2.12 bits per heavy atom. The fraction of sp³-hybridized carbons (Fsp3) is 0.368. The van der Waals surface area contributed by atoms with Gasteiger partial charge in [-0.05, 0) is 37.4 Å². The molecule has 0 aliphatic heterocycles. The van der Waals surface area contributed by atoms with E-state index in [1.54, 1.807) is 30.3 Å². The first kappa shape index (κ1) is 18.6. The Morgan fingerprint density at radius 3 is 2.84 bits per heavy atom. The summed E-state index contributed by atoms with van der Waals surface area (Å²) in [5, 5.41) is 11.8. The van der Waals surface area contributed by atoms with Gasteiger partial charge >= 0.3 is 0 Å². The van der Waals surface area contributed by atoms with E-state index in [-0.39, 0.29) is 18.3 Å². The maximum Gasteiger partial charge on any atom is 0.287 e. The summed E-state index contributed by atoms with van der Waals surface area (Å²) >= 11 is 0. The molecule has 0 fully saturated rings. The molecule has 1 aromatic heterocycles. The molecule has 0 atom stereocenters. The molecule has 6 nitrogen and oxygen atoms in total. The topological polar surface area (TPSA) is 78.5 Å². The van der Waals surface area contributed by atoms with E-state index in [9.17, 15) is 4.79 Å². The molecular weight excluding hydrogens is 318 g/mol. The number of benzene rings is 1. The van der Waals surface area contributed by atoms with Crippen molar-refractivity contribution in [3.05, 3.63) is 53.5 Å². The van der Waals surface area contributed by atoms with Gasteiger partial charge in [-0.25, -0.2) is 0 Å². The van der Waals surface area contributed by atoms with Gasteiger partial charge < -0.3 is 19.4 Å². The third-order valence-electron chi connectivity index (χ3n) is 3.92. The van der Waals surface area contributed by atoms with Crippen LogP contribution in [0.15, 0.2) is 41.0 Å². The van der Waals surface area contributed by atoms with Crippen molar-refractivity contribution in [1.29, 1.82) is 5.26 Å². The summed E-state index contributed by atoms with van der Waals surface area (Å²) < 4.78 is 11.0. The van der Waals surface area contributed by atoms with Crippen LogP contribution in [0, 0.1) is 11.3 Å². The Kier molecular flexibility index (Phi) is 7.05. The number of ether oxygens (including phenoxy) is 1. The van der Waals surface area contributed by atoms with E-state index in [2.05, 4.69) is 30.1 Å². The Labute approximate surface area is 148 Å². The molecule has 0 aliphatic carbocycles. The van der Waals surface area contributed by atoms with Crippen LogP contribution in [0.1, 0.15) is 35.5 Å². The van der Waals surface area contributed by atoms with Crippen molar-refractivity contribution in [2.45, 2.75) is 20.5 Å². The Balaban J connectivity index is 1.90. The first-order valence-corrected chi connectivity index (χ1v) is 8.37. The van der Waals surface area contributed by atoms with E-state index >= 15 is 0 Å². The lowest BCUT2D eigenvalue weighted by Crippen LogP contribution is -2.35. The van der Waals surface area contributed by atoms with Crippen LogP contribution in [-0.2, 0) is 6.61 Å². The standard InChI is InChI=1S/C19H23N3O3/c1-3-22(4-2)10-9-21-19(23)18-16(8-11-24-18)14-25-17-7-5-6-15(12-17)13-20/h5-8,11-12H,3-4,9-10,14H2,1-2H3,(H,21,23). The van der Waals surface area contributed by atoms with Gasteiger partial charge in [-0.3, -0.25) is 4.79 Å². The van der Waals surface area contributed by atoms with E-state index in [4.69, 9.17) is 14.4 Å². The van der Waals surface area contributed by atoms with Crippen molar-refractivity contribution in [2.75, 3.05) is 26.2 Å². The largest absolute Gasteiger partial charge is 0.489 e. The van der Waals surface area contributed by atoms with Crippen molar-refractivity contribution in [2.24, 2.45) is 0 Å². The minimum absolute atomic E-state index is 0.199. The number of hydrogen-bond donors (Lipinski definition) is 1. The van der Waals surface area contributed by atoms with Crippen LogP contribution in [-0.4, -0.2) is 37.0 Å². The summed E-state index contributed by atoms with van der Waals surface area (Å²) in [5.41, 5.74) is 1.20. The van der Waals surface area contributed by atoms with Crippen LogP contribution in [0.5, 0.6) is 5.75 Å². The van der Waals surface area contributed by atoms with Crippen LogP contribution < -0.4 is 10.1 Å². The zero-order valence-electron chi connectivity index (χ0n) is 14.6. The highest BCUT2D eigenvalue weighted by Gasteiger charge is 2.16. The molecule has 1 N–H and O–H groups in total. The molecular formula is C19H23N3O3. The Morgan fingerprint density at radius 1 is 1.32 bits per heavy atom. The predicted octanol–water partition coefficient (Wildman–Crippen LogP) is 2.80. The summed E-state index contributed by atoms with van der Waals surface area (Å²) in [7, 11) is 0. The van der Waals surface area contributed by atoms with Crippen LogP contribution in [0.4, 0.5) is 0 Å². The molecule has 1 heterocycles. The SMILES string of the molecule is CCN(CC)CCNC(=O)c1occc1COc1cccc(C#N)c1. The summed E-state index contributed by atoms with van der Waals surface area (Å²) in [5.74, 6) is 0.589. The fourth-order valence-corrected chi connectivity index (χ4v) is 2.41. The van der Waals surface area contributed by atoms with Gasteiger partial charge in [-0.15, -0.1) is 0 Å². The van der Waals surface area contributed by atoms with Crippen LogP contribution in [0.3, 0.4) is 0 Å². The second-order valence-corrected chi connectivity index (χ2v) is 5.49. The summed E-state index contributed by atoms with van der Waals surface area (Å²) in [6, 6.07) is 10.7. The zero-order chi connectivity index (χ0) is 18.1. The van der Waals surface area contributed by atoms with Gasteiger partial charge in [-0.2, -0.15) is 5.26 Å². The number of hydrogen-bond acceptors (Lipinski definition) is 5. The molecule has 0 radical (unpaired) electrons. The minimum atomic E-state index is -0.249. The highest BCUT2D eigenvalue weighted by Crippen LogP contribution is 2.17. The van der Waals surface area contributed by atoms with E-state index in [1.807, 2.05) is 0 Å². The maximum atomic E-state index is 12.3. The van der Waals surface area contributed by atoms with Gasteiger partial charge in [0.15, 0.2) is 5.76 Å². The molecule has 25 heavy (non-hydrogen) atoms. The summed E-state index contributed by atoms with van der Waals surface area (Å²) in [4.78, 5) is 14.5. The van der Waals surface area contributed by atoms with Crippen LogP contribution in [0.2, 0.25) is 0 Å². The molecule has 0 aliphatic rings. The summed E-state index contributed by atoms with van der Waals surface area (Å²) in [6.45, 7) is 7.65. The lowest BCUT2D eigenvalue weighted by atomic mass is 10.2. The number of furan rings is 1. The minimum Gasteiger partial charge on any atom is -0.489 e. The average Bonchev–Trinajstić information content (AvgIpc) is 3.12. The molecule has 2 rings (SSSR count). The number of rotatable bonds is 9. The number of nitrogens with zero attached hydrogens (tertiary/aromatic N) is 2. The van der Waals surface area contributed by atoms with Gasteiger partial charge in [0.1, 0.15) is 12.4 Å². The highest BCUT2D eigenvalue weighted by atomic mass is 16.5. The fourth-order valence-electron chi connectivity index (χ4n) is 2.41. The van der Waals surface area contributed by atoms with Gasteiger partial charge in [0.25, 0.3) is 5.91 Å². The third kappa shape index (κ3) is 5.37. The molecule has 1 aromatic carbocycles. The Hall–Kier alpha value is -2.78. The molecule has 2 aromatic rings. The quantitative estimate of drug-likeness (QED) is 0.759.